The first kappa shape index (κ1) is 21.7. The van der Waals surface area contributed by atoms with Crippen molar-refractivity contribution >= 4 is 29.0 Å². The van der Waals surface area contributed by atoms with Crippen LogP contribution in [0, 0.1) is 11.3 Å². The number of nitriles is 1. The maximum Gasteiger partial charge on any atom is 0.155 e. The largest absolute Gasteiger partial charge is 0.357 e. The highest BCUT2D eigenvalue weighted by atomic mass is 35.5. The Morgan fingerprint density at radius 2 is 1.97 bits per heavy atom. The van der Waals surface area contributed by atoms with Gasteiger partial charge in [-0.1, -0.05) is 23.2 Å². The van der Waals surface area contributed by atoms with Crippen LogP contribution in [0.15, 0.2) is 55.1 Å². The summed E-state index contributed by atoms with van der Waals surface area (Å²) >= 11 is 12.6. The monoisotopic (exact) mass is 464 g/mol. The smallest absolute Gasteiger partial charge is 0.155 e. The second-order valence-electron chi connectivity index (χ2n) is 7.22. The van der Waals surface area contributed by atoms with Gasteiger partial charge < -0.3 is 16.0 Å². The third kappa shape index (κ3) is 4.27. The summed E-state index contributed by atoms with van der Waals surface area (Å²) < 4.78 is 0. The zero-order valence-electron chi connectivity index (χ0n) is 17.0. The van der Waals surface area contributed by atoms with Gasteiger partial charge in [0.25, 0.3) is 0 Å². The third-order valence-electron chi connectivity index (χ3n) is 4.93. The molecule has 1 atom stereocenters. The summed E-state index contributed by atoms with van der Waals surface area (Å²) in [5, 5.41) is 13.2. The van der Waals surface area contributed by atoms with E-state index in [4.69, 9.17) is 39.2 Å². The normalized spacial score (nSPS) is 12.7. The van der Waals surface area contributed by atoms with Crippen molar-refractivity contribution in [2.24, 2.45) is 5.73 Å². The van der Waals surface area contributed by atoms with E-state index < -0.39 is 5.54 Å². The van der Waals surface area contributed by atoms with E-state index in [9.17, 15) is 0 Å². The number of nitrogens with two attached hydrogens (primary N) is 1. The second-order valence-corrected chi connectivity index (χ2v) is 8.07. The molecule has 0 radical (unpaired) electrons. The zero-order chi connectivity index (χ0) is 22.7. The number of nitrogens with zero attached hydrogens (tertiary/aromatic N) is 5. The lowest BCUT2D eigenvalue weighted by molar-refractivity contribution is 0.517. The lowest BCUT2D eigenvalue weighted by Gasteiger charge is -2.29. The molecule has 1 aromatic carbocycles. The highest BCUT2D eigenvalue weighted by molar-refractivity contribution is 6.36. The molecule has 0 aliphatic heterocycles. The Kier molecular flexibility index (Phi) is 6.06. The summed E-state index contributed by atoms with van der Waals surface area (Å²) in [5.41, 5.74) is 7.69. The first-order valence-electron chi connectivity index (χ1n) is 9.60. The maximum atomic E-state index is 8.99. The van der Waals surface area contributed by atoms with Crippen LogP contribution >= 0.6 is 23.2 Å². The molecule has 0 fully saturated rings. The molecular weight excluding hydrogens is 447 g/mol. The van der Waals surface area contributed by atoms with Crippen LogP contribution in [-0.4, -0.2) is 31.5 Å². The van der Waals surface area contributed by atoms with E-state index in [0.29, 0.717) is 49.9 Å². The van der Waals surface area contributed by atoms with Gasteiger partial charge in [0, 0.05) is 41.9 Å². The Hall–Kier alpha value is -3.51. The fourth-order valence-corrected chi connectivity index (χ4v) is 3.63. The molecular formula is C22H18Cl2N8. The highest BCUT2D eigenvalue weighted by Gasteiger charge is 2.30. The number of pyridine rings is 1. The molecule has 3 aromatic heterocycles. The lowest BCUT2D eigenvalue weighted by Crippen LogP contribution is -2.41. The average molecular weight is 465 g/mol. The summed E-state index contributed by atoms with van der Waals surface area (Å²) in [6.45, 7) is 2.06. The minimum atomic E-state index is -0.851. The number of hydrogen-bond donors (Lipinski definition) is 3. The molecule has 0 bridgehead atoms. The van der Waals surface area contributed by atoms with Crippen molar-refractivity contribution in [3.05, 3.63) is 76.6 Å². The van der Waals surface area contributed by atoms with Gasteiger partial charge in [-0.15, -0.1) is 0 Å². The molecule has 160 valence electrons. The van der Waals surface area contributed by atoms with Gasteiger partial charge in [-0.05, 0) is 37.3 Å². The van der Waals surface area contributed by atoms with Crippen LogP contribution in [0.3, 0.4) is 0 Å². The predicted octanol–water partition coefficient (Wildman–Crippen LogP) is 4.39. The number of nitrogens with one attached hydrogen (secondary N) is 2. The van der Waals surface area contributed by atoms with E-state index in [0.717, 1.165) is 0 Å². The number of hydrogen-bond acceptors (Lipinski definition) is 7. The van der Waals surface area contributed by atoms with E-state index >= 15 is 0 Å². The Morgan fingerprint density at radius 3 is 2.59 bits per heavy atom. The van der Waals surface area contributed by atoms with Gasteiger partial charge in [-0.2, -0.15) is 5.26 Å². The van der Waals surface area contributed by atoms with Gasteiger partial charge in [0.2, 0.25) is 0 Å². The van der Waals surface area contributed by atoms with Crippen molar-refractivity contribution in [1.29, 1.82) is 5.26 Å². The van der Waals surface area contributed by atoms with Crippen LogP contribution < -0.4 is 11.1 Å². The van der Waals surface area contributed by atoms with Gasteiger partial charge in [-0.25, -0.2) is 19.9 Å². The fraction of sp³-hybridized carbons (Fsp3) is 0.136. The molecule has 0 amide bonds. The molecule has 0 spiro atoms. The van der Waals surface area contributed by atoms with E-state index in [1.54, 1.807) is 48.9 Å². The van der Waals surface area contributed by atoms with Crippen molar-refractivity contribution < 1.29 is 0 Å². The van der Waals surface area contributed by atoms with Crippen molar-refractivity contribution in [1.82, 2.24) is 24.9 Å². The first-order valence-corrected chi connectivity index (χ1v) is 10.4. The minimum Gasteiger partial charge on any atom is -0.357 e. The third-order valence-corrected chi connectivity index (χ3v) is 5.47. The van der Waals surface area contributed by atoms with Crippen molar-refractivity contribution in [3.63, 3.8) is 0 Å². The Bertz CT molecular complexity index is 1280. The Morgan fingerprint density at radius 1 is 1.12 bits per heavy atom. The summed E-state index contributed by atoms with van der Waals surface area (Å²) in [5.74, 6) is 1.60. The van der Waals surface area contributed by atoms with Crippen LogP contribution in [0.1, 0.15) is 18.3 Å². The molecule has 1 unspecified atom stereocenters. The van der Waals surface area contributed by atoms with Gasteiger partial charge in [0.1, 0.15) is 23.3 Å². The van der Waals surface area contributed by atoms with Crippen LogP contribution in [0.2, 0.25) is 10.0 Å². The Labute approximate surface area is 194 Å². The summed E-state index contributed by atoms with van der Waals surface area (Å²) in [6, 6.07) is 10.6. The topological polar surface area (TPSA) is 129 Å². The van der Waals surface area contributed by atoms with E-state index in [2.05, 4.69) is 25.3 Å². The number of H-pyrrole nitrogens is 1. The number of benzene rings is 1. The molecule has 4 aromatic rings. The standard InChI is InChI=1S/C22H18Cl2N8/c1-22(12-26,32-18-5-2-13(9-25)10-29-18)21-30-11-16(20-27-6-7-28-20)19(31-21)15-4-3-14(23)8-17(15)24/h2-8,10-11H,12,26H2,1H3,(H,27,28)(H,29,32). The molecule has 0 saturated heterocycles. The van der Waals surface area contributed by atoms with Gasteiger partial charge in [0.05, 0.1) is 21.8 Å². The minimum absolute atomic E-state index is 0.183. The molecule has 3 heterocycles. The molecule has 8 nitrogen and oxygen atoms in total. The van der Waals surface area contributed by atoms with E-state index in [1.165, 1.54) is 6.20 Å². The molecule has 32 heavy (non-hydrogen) atoms. The highest BCUT2D eigenvalue weighted by Crippen LogP contribution is 2.36. The molecule has 0 aliphatic carbocycles. The molecule has 4 rings (SSSR count). The molecule has 0 aliphatic rings. The number of rotatable bonds is 6. The maximum absolute atomic E-state index is 8.99. The quantitative estimate of drug-likeness (QED) is 0.385. The van der Waals surface area contributed by atoms with Gasteiger partial charge in [0.15, 0.2) is 5.82 Å². The van der Waals surface area contributed by atoms with E-state index in [1.807, 2.05) is 13.0 Å². The number of aromatic nitrogens is 5. The van der Waals surface area contributed by atoms with E-state index in [-0.39, 0.29) is 6.54 Å². The number of anilines is 1. The number of imidazole rings is 1. The average Bonchev–Trinajstić information content (AvgIpc) is 3.34. The summed E-state index contributed by atoms with van der Waals surface area (Å²) in [4.78, 5) is 21.1. The first-order chi connectivity index (χ1) is 15.4. The summed E-state index contributed by atoms with van der Waals surface area (Å²) in [6.07, 6.45) is 6.54. The Balaban J connectivity index is 1.82. The predicted molar refractivity (Wildman–Crippen MR) is 124 cm³/mol. The fourth-order valence-electron chi connectivity index (χ4n) is 3.14. The SMILES string of the molecule is CC(CN)(Nc1ccc(C#N)cn1)c1ncc(-c2ncc[nH]2)c(-c2ccc(Cl)cc2Cl)n1. The zero-order valence-corrected chi connectivity index (χ0v) is 18.5. The van der Waals surface area contributed by atoms with Crippen LogP contribution in [0.25, 0.3) is 22.6 Å². The van der Waals surface area contributed by atoms with Crippen molar-refractivity contribution in [2.45, 2.75) is 12.5 Å². The molecule has 4 N–H and O–H groups in total. The van der Waals surface area contributed by atoms with Crippen LogP contribution in [-0.2, 0) is 5.54 Å². The van der Waals surface area contributed by atoms with Gasteiger partial charge in [-0.3, -0.25) is 0 Å². The number of halogens is 2. The van der Waals surface area contributed by atoms with Gasteiger partial charge >= 0.3 is 0 Å². The second kappa shape index (κ2) is 8.93. The van der Waals surface area contributed by atoms with Crippen LogP contribution in [0.4, 0.5) is 5.82 Å². The molecule has 0 saturated carbocycles. The van der Waals surface area contributed by atoms with Crippen LogP contribution in [0.5, 0.6) is 0 Å². The summed E-state index contributed by atoms with van der Waals surface area (Å²) in [7, 11) is 0. The lowest BCUT2D eigenvalue weighted by atomic mass is 9.99. The number of aromatic amines is 1. The van der Waals surface area contributed by atoms with Crippen molar-refractivity contribution in [3.8, 4) is 28.7 Å². The molecule has 10 heteroatoms. The van der Waals surface area contributed by atoms with Crippen molar-refractivity contribution in [2.75, 3.05) is 11.9 Å².